The molecule has 0 saturated carbocycles. The van der Waals surface area contributed by atoms with Gasteiger partial charge in [0.15, 0.2) is 11.6 Å². The van der Waals surface area contributed by atoms with E-state index >= 15 is 0 Å². The number of H-pyrrole nitrogens is 2. The Labute approximate surface area is 122 Å². The van der Waals surface area contributed by atoms with E-state index in [0.29, 0.717) is 16.7 Å². The number of hydrogen-bond acceptors (Lipinski definition) is 4. The van der Waals surface area contributed by atoms with Crippen molar-refractivity contribution in [2.24, 2.45) is 0 Å². The Morgan fingerprint density at radius 1 is 1.38 bits per heavy atom. The minimum absolute atomic E-state index is 0.0482. The summed E-state index contributed by atoms with van der Waals surface area (Å²) in [6.07, 6.45) is 0. The molecule has 3 rings (SSSR count). The molecule has 0 saturated heterocycles. The second-order valence-electron chi connectivity index (χ2n) is 4.20. The van der Waals surface area contributed by atoms with E-state index in [1.165, 1.54) is 0 Å². The van der Waals surface area contributed by atoms with Gasteiger partial charge < -0.3 is 15.3 Å². The molecule has 104 valence electrons. The van der Waals surface area contributed by atoms with Crippen molar-refractivity contribution in [2.45, 2.75) is 0 Å². The number of nitrogens with zero attached hydrogens (tertiary/aromatic N) is 2. The molecule has 0 aliphatic heterocycles. The zero-order chi connectivity index (χ0) is 15.0. The summed E-state index contributed by atoms with van der Waals surface area (Å²) >= 11 is 5.79. The molecule has 6 nitrogen and oxygen atoms in total. The van der Waals surface area contributed by atoms with Crippen LogP contribution in [0.15, 0.2) is 29.1 Å². The Balaban J connectivity index is 2.09. The molecule has 0 bridgehead atoms. The molecule has 21 heavy (non-hydrogen) atoms. The monoisotopic (exact) mass is 303 g/mol. The summed E-state index contributed by atoms with van der Waals surface area (Å²) in [7, 11) is 0. The SMILES string of the molecule is N#Cc1cc(F)c(Nc2cccc3[nH]c(=O)[nH]c23)nc1Cl. The van der Waals surface area contributed by atoms with Gasteiger partial charge in [0.05, 0.1) is 22.3 Å². The standard InChI is InChI=1S/C13H7ClFN5O/c14-11-6(5-16)4-7(15)12(20-11)17-8-2-1-3-9-10(8)19-13(21)18-9/h1-4H,(H,17,20)(H2,18,19,21). The lowest BCUT2D eigenvalue weighted by atomic mass is 10.2. The van der Waals surface area contributed by atoms with Crippen molar-refractivity contribution in [3.8, 4) is 6.07 Å². The molecule has 3 aromatic rings. The van der Waals surface area contributed by atoms with Crippen LogP contribution in [0.2, 0.25) is 5.15 Å². The van der Waals surface area contributed by atoms with E-state index in [4.69, 9.17) is 16.9 Å². The van der Waals surface area contributed by atoms with Crippen molar-refractivity contribution in [1.29, 1.82) is 5.26 Å². The van der Waals surface area contributed by atoms with Gasteiger partial charge in [-0.2, -0.15) is 5.26 Å². The van der Waals surface area contributed by atoms with Gasteiger partial charge in [-0.05, 0) is 18.2 Å². The molecule has 8 heteroatoms. The molecule has 0 amide bonds. The predicted molar refractivity (Wildman–Crippen MR) is 76.1 cm³/mol. The van der Waals surface area contributed by atoms with Crippen molar-refractivity contribution in [2.75, 3.05) is 5.32 Å². The zero-order valence-corrected chi connectivity index (χ0v) is 11.1. The number of benzene rings is 1. The minimum Gasteiger partial charge on any atom is -0.336 e. The highest BCUT2D eigenvalue weighted by Crippen LogP contribution is 2.26. The second kappa shape index (κ2) is 4.92. The fraction of sp³-hybridized carbons (Fsp3) is 0. The van der Waals surface area contributed by atoms with Crippen LogP contribution in [0.5, 0.6) is 0 Å². The summed E-state index contributed by atoms with van der Waals surface area (Å²) in [5.74, 6) is -0.848. The van der Waals surface area contributed by atoms with Crippen LogP contribution in [0, 0.1) is 17.1 Å². The highest BCUT2D eigenvalue weighted by Gasteiger charge is 2.12. The first-order valence-electron chi connectivity index (χ1n) is 5.82. The normalized spacial score (nSPS) is 10.5. The molecule has 0 fully saturated rings. The smallest absolute Gasteiger partial charge is 0.323 e. The van der Waals surface area contributed by atoms with Crippen LogP contribution < -0.4 is 11.0 Å². The Hall–Kier alpha value is -2.85. The lowest BCUT2D eigenvalue weighted by molar-refractivity contribution is 0.626. The number of nitriles is 1. The summed E-state index contributed by atoms with van der Waals surface area (Å²) in [6, 6.07) is 7.79. The molecule has 3 N–H and O–H groups in total. The van der Waals surface area contributed by atoms with Crippen molar-refractivity contribution < 1.29 is 4.39 Å². The number of nitrogens with one attached hydrogen (secondary N) is 3. The molecule has 2 heterocycles. The van der Waals surface area contributed by atoms with Crippen LogP contribution in [0.4, 0.5) is 15.9 Å². The summed E-state index contributed by atoms with van der Waals surface area (Å²) in [4.78, 5) is 20.3. The molecule has 0 aliphatic rings. The largest absolute Gasteiger partial charge is 0.336 e. The molecule has 0 spiro atoms. The van der Waals surface area contributed by atoms with Gasteiger partial charge in [-0.3, -0.25) is 0 Å². The van der Waals surface area contributed by atoms with E-state index in [1.807, 2.05) is 0 Å². The summed E-state index contributed by atoms with van der Waals surface area (Å²) in [6.45, 7) is 0. The molecule has 0 radical (unpaired) electrons. The third-order valence-corrected chi connectivity index (χ3v) is 3.14. The fourth-order valence-corrected chi connectivity index (χ4v) is 2.10. The van der Waals surface area contributed by atoms with Crippen LogP contribution in [-0.4, -0.2) is 15.0 Å². The maximum absolute atomic E-state index is 13.9. The fourth-order valence-electron chi connectivity index (χ4n) is 1.92. The third-order valence-electron chi connectivity index (χ3n) is 2.85. The Kier molecular flexibility index (Phi) is 3.08. The highest BCUT2D eigenvalue weighted by atomic mass is 35.5. The van der Waals surface area contributed by atoms with Gasteiger partial charge in [0.1, 0.15) is 11.2 Å². The van der Waals surface area contributed by atoms with Crippen LogP contribution in [0.1, 0.15) is 5.56 Å². The van der Waals surface area contributed by atoms with Crippen LogP contribution in [-0.2, 0) is 0 Å². The number of aromatic amines is 2. The number of fused-ring (bicyclic) bond motifs is 1. The van der Waals surface area contributed by atoms with Gasteiger partial charge in [0.2, 0.25) is 0 Å². The van der Waals surface area contributed by atoms with Crippen LogP contribution in [0.25, 0.3) is 11.0 Å². The zero-order valence-electron chi connectivity index (χ0n) is 10.4. The lowest BCUT2D eigenvalue weighted by Gasteiger charge is -2.08. The summed E-state index contributed by atoms with van der Waals surface area (Å²) in [5.41, 5.74) is 1.10. The van der Waals surface area contributed by atoms with E-state index in [1.54, 1.807) is 24.3 Å². The van der Waals surface area contributed by atoms with Gasteiger partial charge in [0.25, 0.3) is 0 Å². The molecule has 1 aromatic carbocycles. The first-order chi connectivity index (χ1) is 10.1. The predicted octanol–water partition coefficient (Wildman–Crippen LogP) is 2.66. The quantitative estimate of drug-likeness (QED) is 0.634. The number of anilines is 2. The van der Waals surface area contributed by atoms with Gasteiger partial charge in [-0.15, -0.1) is 0 Å². The first-order valence-corrected chi connectivity index (χ1v) is 6.20. The average molecular weight is 304 g/mol. The molecule has 0 atom stereocenters. The van der Waals surface area contributed by atoms with E-state index < -0.39 is 5.82 Å². The number of halogens is 2. The van der Waals surface area contributed by atoms with E-state index in [-0.39, 0.29) is 22.2 Å². The summed E-state index contributed by atoms with van der Waals surface area (Å²) < 4.78 is 13.9. The third kappa shape index (κ3) is 2.32. The Morgan fingerprint density at radius 3 is 2.95 bits per heavy atom. The molecule has 2 aromatic heterocycles. The van der Waals surface area contributed by atoms with Crippen molar-refractivity contribution in [1.82, 2.24) is 15.0 Å². The maximum Gasteiger partial charge on any atom is 0.323 e. The molecule has 0 aliphatic carbocycles. The number of imidazole rings is 1. The number of pyridine rings is 1. The summed E-state index contributed by atoms with van der Waals surface area (Å²) in [5, 5.41) is 11.4. The lowest BCUT2D eigenvalue weighted by Crippen LogP contribution is -2.01. The topological polar surface area (TPSA) is 97.4 Å². The molecule has 0 unspecified atom stereocenters. The van der Waals surface area contributed by atoms with E-state index in [0.717, 1.165) is 6.07 Å². The average Bonchev–Trinajstić information content (AvgIpc) is 2.84. The highest BCUT2D eigenvalue weighted by molar-refractivity contribution is 6.30. The second-order valence-corrected chi connectivity index (χ2v) is 4.56. The minimum atomic E-state index is -0.717. The van der Waals surface area contributed by atoms with Gasteiger partial charge >= 0.3 is 5.69 Å². The number of aromatic nitrogens is 3. The van der Waals surface area contributed by atoms with E-state index in [2.05, 4.69) is 20.3 Å². The van der Waals surface area contributed by atoms with Crippen molar-refractivity contribution >= 4 is 34.1 Å². The van der Waals surface area contributed by atoms with Crippen LogP contribution >= 0.6 is 11.6 Å². The van der Waals surface area contributed by atoms with Gasteiger partial charge in [0, 0.05) is 0 Å². The number of rotatable bonds is 2. The molecular formula is C13H7ClFN5O. The van der Waals surface area contributed by atoms with Crippen LogP contribution in [0.3, 0.4) is 0 Å². The maximum atomic E-state index is 13.9. The number of hydrogen-bond donors (Lipinski definition) is 3. The van der Waals surface area contributed by atoms with Gasteiger partial charge in [-0.25, -0.2) is 14.2 Å². The number of para-hydroxylation sites is 1. The molecular weight excluding hydrogens is 297 g/mol. The van der Waals surface area contributed by atoms with Crippen molar-refractivity contribution in [3.63, 3.8) is 0 Å². The first kappa shape index (κ1) is 13.1. The Morgan fingerprint density at radius 2 is 2.19 bits per heavy atom. The van der Waals surface area contributed by atoms with E-state index in [9.17, 15) is 9.18 Å². The van der Waals surface area contributed by atoms with Crippen molar-refractivity contribution in [3.05, 3.63) is 51.3 Å². The van der Waals surface area contributed by atoms with Gasteiger partial charge in [-0.1, -0.05) is 17.7 Å². The Bertz CT molecular complexity index is 940.